The third-order valence-electron chi connectivity index (χ3n) is 2.38. The van der Waals surface area contributed by atoms with Gasteiger partial charge in [0.15, 0.2) is 0 Å². The number of methoxy groups -OCH3 is 1. The quantitative estimate of drug-likeness (QED) is 0.865. The summed E-state index contributed by atoms with van der Waals surface area (Å²) in [5.74, 6) is -0.509. The number of halogens is 2. The number of hydrogen-bond donors (Lipinski definition) is 1. The highest BCUT2D eigenvalue weighted by atomic mass is 35.5. The van der Waals surface area contributed by atoms with Gasteiger partial charge in [-0.15, -0.1) is 0 Å². The Labute approximate surface area is 130 Å². The topological polar surface area (TPSA) is 65.2 Å². The Kier molecular flexibility index (Phi) is 4.75. The number of rotatable bonds is 3. The first-order chi connectivity index (χ1) is 9.51. The van der Waals surface area contributed by atoms with E-state index >= 15 is 0 Å². The summed E-state index contributed by atoms with van der Waals surface area (Å²) in [6.07, 6.45) is 1.47. The summed E-state index contributed by atoms with van der Waals surface area (Å²) in [6, 6.07) is 6.58. The van der Waals surface area contributed by atoms with E-state index in [1.54, 1.807) is 18.2 Å². The largest absolute Gasteiger partial charge is 0.465 e. The van der Waals surface area contributed by atoms with Gasteiger partial charge in [0, 0.05) is 9.92 Å². The Bertz CT molecular complexity index is 665. The fraction of sp³-hybridized carbons (Fsp3) is 0.0769. The molecule has 0 aliphatic rings. The molecule has 104 valence electrons. The number of carbonyl (C=O) groups excluding carboxylic acids is 1. The Morgan fingerprint density at radius 1 is 1.35 bits per heavy atom. The van der Waals surface area contributed by atoms with Crippen LogP contribution in [0.3, 0.4) is 0 Å². The second kappa shape index (κ2) is 6.35. The van der Waals surface area contributed by atoms with Crippen LogP contribution in [0.2, 0.25) is 10.0 Å². The SMILES string of the molecule is COC(=O)c1cc(N)cnc1Sc1cc(Cl)ccc1Cl. The summed E-state index contributed by atoms with van der Waals surface area (Å²) in [5, 5.41) is 1.52. The lowest BCUT2D eigenvalue weighted by molar-refractivity contribution is 0.0596. The van der Waals surface area contributed by atoms with E-state index in [1.165, 1.54) is 31.1 Å². The number of pyridine rings is 1. The molecule has 0 saturated heterocycles. The molecule has 7 heteroatoms. The molecule has 2 N–H and O–H groups in total. The maximum absolute atomic E-state index is 11.7. The van der Waals surface area contributed by atoms with Crippen LogP contribution in [0.15, 0.2) is 40.4 Å². The Hall–Kier alpha value is -1.43. The van der Waals surface area contributed by atoms with Crippen LogP contribution in [-0.2, 0) is 4.74 Å². The van der Waals surface area contributed by atoms with Crippen molar-refractivity contribution in [1.82, 2.24) is 4.98 Å². The lowest BCUT2D eigenvalue weighted by Crippen LogP contribution is -2.05. The monoisotopic (exact) mass is 328 g/mol. The predicted octanol–water partition coefficient (Wildman–Crippen LogP) is 3.91. The van der Waals surface area contributed by atoms with Crippen molar-refractivity contribution in [3.05, 3.63) is 46.1 Å². The molecular formula is C13H10Cl2N2O2S. The van der Waals surface area contributed by atoms with Crippen LogP contribution >= 0.6 is 35.0 Å². The molecule has 0 bridgehead atoms. The van der Waals surface area contributed by atoms with Crippen LogP contribution < -0.4 is 5.73 Å². The van der Waals surface area contributed by atoms with Gasteiger partial charge in [-0.1, -0.05) is 35.0 Å². The number of benzene rings is 1. The van der Waals surface area contributed by atoms with Gasteiger partial charge in [0.05, 0.1) is 29.6 Å². The van der Waals surface area contributed by atoms with Crippen LogP contribution in [0.1, 0.15) is 10.4 Å². The Morgan fingerprint density at radius 2 is 2.10 bits per heavy atom. The van der Waals surface area contributed by atoms with E-state index in [2.05, 4.69) is 4.98 Å². The normalized spacial score (nSPS) is 10.3. The lowest BCUT2D eigenvalue weighted by Gasteiger charge is -2.08. The van der Waals surface area contributed by atoms with Crippen molar-refractivity contribution < 1.29 is 9.53 Å². The highest BCUT2D eigenvalue weighted by Gasteiger charge is 2.16. The number of esters is 1. The van der Waals surface area contributed by atoms with Crippen LogP contribution in [-0.4, -0.2) is 18.1 Å². The number of anilines is 1. The van der Waals surface area contributed by atoms with E-state index in [0.29, 0.717) is 25.7 Å². The fourth-order valence-electron chi connectivity index (χ4n) is 1.47. The number of nitrogens with two attached hydrogens (primary N) is 1. The van der Waals surface area contributed by atoms with Crippen LogP contribution in [0, 0.1) is 0 Å². The molecule has 4 nitrogen and oxygen atoms in total. The second-order valence-electron chi connectivity index (χ2n) is 3.79. The third kappa shape index (κ3) is 3.36. The summed E-state index contributed by atoms with van der Waals surface area (Å²) in [4.78, 5) is 16.6. The van der Waals surface area contributed by atoms with Crippen molar-refractivity contribution >= 4 is 46.6 Å². The Balaban J connectivity index is 2.43. The molecule has 0 spiro atoms. The lowest BCUT2D eigenvalue weighted by atomic mass is 10.3. The number of nitrogens with zero attached hydrogens (tertiary/aromatic N) is 1. The van der Waals surface area contributed by atoms with E-state index in [-0.39, 0.29) is 5.56 Å². The van der Waals surface area contributed by atoms with Crippen molar-refractivity contribution in [3.63, 3.8) is 0 Å². The molecule has 0 aliphatic carbocycles. The van der Waals surface area contributed by atoms with Crippen molar-refractivity contribution in [2.75, 3.05) is 12.8 Å². The van der Waals surface area contributed by atoms with E-state index in [4.69, 9.17) is 33.7 Å². The standard InChI is InChI=1S/C13H10Cl2N2O2S/c1-19-13(18)9-5-8(16)6-17-12(9)20-11-4-7(14)2-3-10(11)15/h2-6H,16H2,1H3. The second-order valence-corrected chi connectivity index (χ2v) is 5.66. The molecule has 1 aromatic heterocycles. The van der Waals surface area contributed by atoms with Crippen molar-refractivity contribution in [3.8, 4) is 0 Å². The van der Waals surface area contributed by atoms with E-state index < -0.39 is 5.97 Å². The summed E-state index contributed by atoms with van der Waals surface area (Å²) in [7, 11) is 1.30. The predicted molar refractivity (Wildman–Crippen MR) is 80.6 cm³/mol. The molecule has 0 unspecified atom stereocenters. The number of carbonyl (C=O) groups is 1. The van der Waals surface area contributed by atoms with E-state index in [9.17, 15) is 4.79 Å². The van der Waals surface area contributed by atoms with Gasteiger partial charge in [0.2, 0.25) is 0 Å². The van der Waals surface area contributed by atoms with Crippen LogP contribution in [0.5, 0.6) is 0 Å². The number of ether oxygens (including phenoxy) is 1. The first-order valence-electron chi connectivity index (χ1n) is 5.48. The number of nitrogen functional groups attached to an aromatic ring is 1. The minimum absolute atomic E-state index is 0.286. The zero-order valence-corrected chi connectivity index (χ0v) is 12.7. The van der Waals surface area contributed by atoms with Gasteiger partial charge < -0.3 is 10.5 Å². The smallest absolute Gasteiger partial charge is 0.340 e. The molecule has 1 aromatic carbocycles. The van der Waals surface area contributed by atoms with Gasteiger partial charge in [-0.25, -0.2) is 9.78 Å². The Morgan fingerprint density at radius 3 is 2.80 bits per heavy atom. The van der Waals surface area contributed by atoms with Crippen molar-refractivity contribution in [2.24, 2.45) is 0 Å². The molecule has 0 saturated carbocycles. The average Bonchev–Trinajstić information content (AvgIpc) is 2.43. The average molecular weight is 329 g/mol. The first-order valence-corrected chi connectivity index (χ1v) is 7.05. The maximum atomic E-state index is 11.7. The molecule has 0 fully saturated rings. The minimum Gasteiger partial charge on any atom is -0.465 e. The molecule has 1 heterocycles. The van der Waals surface area contributed by atoms with E-state index in [1.807, 2.05) is 0 Å². The van der Waals surface area contributed by atoms with Gasteiger partial charge in [0.1, 0.15) is 5.03 Å². The molecule has 0 aliphatic heterocycles. The zero-order chi connectivity index (χ0) is 14.7. The van der Waals surface area contributed by atoms with Gasteiger partial charge >= 0.3 is 5.97 Å². The highest BCUT2D eigenvalue weighted by Crippen LogP contribution is 2.36. The minimum atomic E-state index is -0.509. The van der Waals surface area contributed by atoms with Gasteiger partial charge in [0.25, 0.3) is 0 Å². The zero-order valence-electron chi connectivity index (χ0n) is 10.4. The summed E-state index contributed by atoms with van der Waals surface area (Å²) in [5.41, 5.74) is 6.31. The molecule has 0 radical (unpaired) electrons. The van der Waals surface area contributed by atoms with Crippen molar-refractivity contribution in [1.29, 1.82) is 0 Å². The molecular weight excluding hydrogens is 319 g/mol. The first kappa shape index (κ1) is 15.0. The van der Waals surface area contributed by atoms with Gasteiger partial charge in [-0.3, -0.25) is 0 Å². The summed E-state index contributed by atoms with van der Waals surface area (Å²) in [6.45, 7) is 0. The molecule has 0 amide bonds. The van der Waals surface area contributed by atoms with Gasteiger partial charge in [-0.05, 0) is 24.3 Å². The molecule has 0 atom stereocenters. The summed E-state index contributed by atoms with van der Waals surface area (Å²) < 4.78 is 4.72. The third-order valence-corrected chi connectivity index (χ3v) is 4.13. The molecule has 2 rings (SSSR count). The van der Waals surface area contributed by atoms with Crippen LogP contribution in [0.25, 0.3) is 0 Å². The van der Waals surface area contributed by atoms with E-state index in [0.717, 1.165) is 0 Å². The van der Waals surface area contributed by atoms with Crippen LogP contribution in [0.4, 0.5) is 5.69 Å². The molecule has 2 aromatic rings. The number of aromatic nitrogens is 1. The van der Waals surface area contributed by atoms with Crippen molar-refractivity contribution in [2.45, 2.75) is 9.92 Å². The fourth-order valence-corrected chi connectivity index (χ4v) is 2.85. The van der Waals surface area contributed by atoms with Gasteiger partial charge in [-0.2, -0.15) is 0 Å². The molecule has 20 heavy (non-hydrogen) atoms. The number of hydrogen-bond acceptors (Lipinski definition) is 5. The maximum Gasteiger partial charge on any atom is 0.340 e. The highest BCUT2D eigenvalue weighted by molar-refractivity contribution is 7.99. The summed E-state index contributed by atoms with van der Waals surface area (Å²) >= 11 is 13.3.